The largest absolute Gasteiger partial charge is 0.383 e. The molecule has 5 nitrogen and oxygen atoms in total. The molecule has 1 amide bonds. The van der Waals surface area contributed by atoms with Gasteiger partial charge in [-0.25, -0.2) is 4.98 Å². The lowest BCUT2D eigenvalue weighted by molar-refractivity contribution is 0.0955. The molecule has 0 aliphatic carbocycles. The first-order chi connectivity index (χ1) is 10.7. The predicted molar refractivity (Wildman–Crippen MR) is 89.4 cm³/mol. The zero-order chi connectivity index (χ0) is 15.4. The third-order valence-corrected chi connectivity index (χ3v) is 4.13. The van der Waals surface area contributed by atoms with Crippen molar-refractivity contribution in [2.75, 3.05) is 18.4 Å². The van der Waals surface area contributed by atoms with Crippen molar-refractivity contribution in [3.05, 3.63) is 53.3 Å². The Labute approximate surface area is 132 Å². The molecule has 2 aromatic heterocycles. The zero-order valence-electron chi connectivity index (χ0n) is 12.2. The van der Waals surface area contributed by atoms with Crippen LogP contribution < -0.4 is 10.6 Å². The summed E-state index contributed by atoms with van der Waals surface area (Å²) >= 11 is 1.54. The smallest absolute Gasteiger partial charge is 0.251 e. The number of benzene rings is 1. The van der Waals surface area contributed by atoms with Crippen molar-refractivity contribution in [2.24, 2.45) is 0 Å². The van der Waals surface area contributed by atoms with Gasteiger partial charge in [-0.2, -0.15) is 0 Å². The van der Waals surface area contributed by atoms with E-state index >= 15 is 0 Å². The Morgan fingerprint density at radius 3 is 3.05 bits per heavy atom. The molecule has 3 aromatic rings. The van der Waals surface area contributed by atoms with Crippen LogP contribution in [0.3, 0.4) is 0 Å². The van der Waals surface area contributed by atoms with Crippen LogP contribution in [0.2, 0.25) is 0 Å². The van der Waals surface area contributed by atoms with E-state index in [4.69, 9.17) is 0 Å². The van der Waals surface area contributed by atoms with Crippen LogP contribution in [0, 0.1) is 6.92 Å². The van der Waals surface area contributed by atoms with Crippen LogP contribution in [0.4, 0.5) is 5.69 Å². The van der Waals surface area contributed by atoms with Gasteiger partial charge in [0.2, 0.25) is 0 Å². The van der Waals surface area contributed by atoms with Gasteiger partial charge in [0.15, 0.2) is 0 Å². The molecule has 1 aromatic carbocycles. The highest BCUT2D eigenvalue weighted by Gasteiger charge is 2.06. The summed E-state index contributed by atoms with van der Waals surface area (Å²) < 4.78 is 1.03. The SMILES string of the molecule is Cc1cnccc1NCCNC(=O)c1ccc2ncsc2c1. The number of aromatic nitrogens is 2. The number of thiazole rings is 1. The molecule has 0 saturated heterocycles. The molecule has 0 unspecified atom stereocenters. The number of hydrogen-bond acceptors (Lipinski definition) is 5. The van der Waals surface area contributed by atoms with Gasteiger partial charge in [0.1, 0.15) is 0 Å². The second-order valence-corrected chi connectivity index (χ2v) is 5.79. The maximum absolute atomic E-state index is 12.1. The average Bonchev–Trinajstić information content (AvgIpc) is 3.00. The van der Waals surface area contributed by atoms with E-state index in [0.717, 1.165) is 21.5 Å². The summed E-state index contributed by atoms with van der Waals surface area (Å²) in [6.07, 6.45) is 3.56. The van der Waals surface area contributed by atoms with E-state index in [0.29, 0.717) is 18.7 Å². The quantitative estimate of drug-likeness (QED) is 0.711. The molecule has 22 heavy (non-hydrogen) atoms. The van der Waals surface area contributed by atoms with Crippen molar-refractivity contribution in [3.63, 3.8) is 0 Å². The van der Waals surface area contributed by atoms with E-state index in [9.17, 15) is 4.79 Å². The molecule has 0 bridgehead atoms. The molecule has 0 radical (unpaired) electrons. The zero-order valence-corrected chi connectivity index (χ0v) is 13.0. The summed E-state index contributed by atoms with van der Waals surface area (Å²) in [6.45, 7) is 3.22. The first-order valence-corrected chi connectivity index (χ1v) is 7.88. The second-order valence-electron chi connectivity index (χ2n) is 4.91. The van der Waals surface area contributed by atoms with Crippen LogP contribution >= 0.6 is 11.3 Å². The van der Waals surface area contributed by atoms with Gasteiger partial charge in [0, 0.05) is 36.7 Å². The molecule has 0 aliphatic rings. The molecule has 0 saturated carbocycles. The number of anilines is 1. The van der Waals surface area contributed by atoms with Crippen molar-refractivity contribution in [1.29, 1.82) is 0 Å². The van der Waals surface area contributed by atoms with E-state index in [1.54, 1.807) is 17.8 Å². The monoisotopic (exact) mass is 312 g/mol. The molecular weight excluding hydrogens is 296 g/mol. The maximum atomic E-state index is 12.1. The Balaban J connectivity index is 1.53. The third-order valence-electron chi connectivity index (χ3n) is 3.34. The number of amides is 1. The van der Waals surface area contributed by atoms with Crippen LogP contribution in [0.15, 0.2) is 42.2 Å². The topological polar surface area (TPSA) is 66.9 Å². The molecule has 0 fully saturated rings. The molecule has 112 valence electrons. The number of aryl methyl sites for hydroxylation is 1. The summed E-state index contributed by atoms with van der Waals surface area (Å²) in [6, 6.07) is 7.48. The van der Waals surface area contributed by atoms with Crippen molar-refractivity contribution in [2.45, 2.75) is 6.92 Å². The summed E-state index contributed by atoms with van der Waals surface area (Å²) in [7, 11) is 0. The third kappa shape index (κ3) is 3.23. The Bertz CT molecular complexity index is 799. The first kappa shape index (κ1) is 14.5. The average molecular weight is 312 g/mol. The minimum Gasteiger partial charge on any atom is -0.383 e. The van der Waals surface area contributed by atoms with Crippen LogP contribution in [-0.4, -0.2) is 29.0 Å². The fourth-order valence-electron chi connectivity index (χ4n) is 2.14. The van der Waals surface area contributed by atoms with Crippen LogP contribution in [-0.2, 0) is 0 Å². The summed E-state index contributed by atoms with van der Waals surface area (Å²) in [5, 5.41) is 6.20. The van der Waals surface area contributed by atoms with Crippen LogP contribution in [0.25, 0.3) is 10.2 Å². The summed E-state index contributed by atoms with van der Waals surface area (Å²) in [5.41, 5.74) is 5.50. The number of nitrogens with one attached hydrogen (secondary N) is 2. The first-order valence-electron chi connectivity index (χ1n) is 7.00. The van der Waals surface area contributed by atoms with E-state index in [1.165, 1.54) is 11.3 Å². The molecule has 0 spiro atoms. The standard InChI is InChI=1S/C16H16N4OS/c1-11-9-17-5-4-13(11)18-6-7-19-16(21)12-2-3-14-15(8-12)22-10-20-14/h2-5,8-10H,6-7H2,1H3,(H,17,18)(H,19,21). The lowest BCUT2D eigenvalue weighted by Crippen LogP contribution is -2.28. The van der Waals surface area contributed by atoms with Crippen molar-refractivity contribution in [1.82, 2.24) is 15.3 Å². The van der Waals surface area contributed by atoms with Gasteiger partial charge in [-0.15, -0.1) is 11.3 Å². The predicted octanol–water partition coefficient (Wildman–Crippen LogP) is 2.84. The Morgan fingerprint density at radius 2 is 2.18 bits per heavy atom. The summed E-state index contributed by atoms with van der Waals surface area (Å²) in [4.78, 5) is 20.4. The molecule has 3 rings (SSSR count). The Hall–Kier alpha value is -2.47. The van der Waals surface area contributed by atoms with E-state index in [2.05, 4.69) is 20.6 Å². The molecule has 0 aliphatic heterocycles. The Kier molecular flexibility index (Phi) is 4.29. The normalized spacial score (nSPS) is 10.6. The maximum Gasteiger partial charge on any atom is 0.251 e. The number of rotatable bonds is 5. The van der Waals surface area contributed by atoms with Crippen molar-refractivity contribution in [3.8, 4) is 0 Å². The number of pyridine rings is 1. The van der Waals surface area contributed by atoms with Gasteiger partial charge in [0.05, 0.1) is 15.7 Å². The van der Waals surface area contributed by atoms with E-state index in [1.807, 2.05) is 31.3 Å². The van der Waals surface area contributed by atoms with Gasteiger partial charge in [-0.05, 0) is 36.8 Å². The van der Waals surface area contributed by atoms with Gasteiger partial charge in [-0.1, -0.05) is 0 Å². The number of hydrogen-bond donors (Lipinski definition) is 2. The highest BCUT2D eigenvalue weighted by Crippen LogP contribution is 2.18. The summed E-state index contributed by atoms with van der Waals surface area (Å²) in [5.74, 6) is -0.0662. The lowest BCUT2D eigenvalue weighted by atomic mass is 10.2. The van der Waals surface area contributed by atoms with Crippen LogP contribution in [0.1, 0.15) is 15.9 Å². The fraction of sp³-hybridized carbons (Fsp3) is 0.188. The fourth-order valence-corrected chi connectivity index (χ4v) is 2.86. The number of carbonyl (C=O) groups excluding carboxylic acids is 1. The van der Waals surface area contributed by atoms with Crippen LogP contribution in [0.5, 0.6) is 0 Å². The number of carbonyl (C=O) groups is 1. The van der Waals surface area contributed by atoms with Gasteiger partial charge in [-0.3, -0.25) is 9.78 Å². The van der Waals surface area contributed by atoms with Gasteiger partial charge in [0.25, 0.3) is 5.91 Å². The second kappa shape index (κ2) is 6.53. The number of fused-ring (bicyclic) bond motifs is 1. The van der Waals surface area contributed by atoms with Gasteiger partial charge < -0.3 is 10.6 Å². The minimum absolute atomic E-state index is 0.0662. The Morgan fingerprint density at radius 1 is 1.27 bits per heavy atom. The molecule has 2 N–H and O–H groups in total. The number of nitrogens with zero attached hydrogens (tertiary/aromatic N) is 2. The van der Waals surface area contributed by atoms with E-state index < -0.39 is 0 Å². The molecular formula is C16H16N4OS. The van der Waals surface area contributed by atoms with Crippen molar-refractivity contribution < 1.29 is 4.79 Å². The minimum atomic E-state index is -0.0662. The van der Waals surface area contributed by atoms with Crippen molar-refractivity contribution >= 4 is 33.1 Å². The molecule has 0 atom stereocenters. The van der Waals surface area contributed by atoms with E-state index in [-0.39, 0.29) is 5.91 Å². The highest BCUT2D eigenvalue weighted by molar-refractivity contribution is 7.16. The molecule has 2 heterocycles. The highest BCUT2D eigenvalue weighted by atomic mass is 32.1. The lowest BCUT2D eigenvalue weighted by Gasteiger charge is -2.09. The molecule has 6 heteroatoms. The van der Waals surface area contributed by atoms with Gasteiger partial charge >= 0.3 is 0 Å².